The molecular formula is C12H17BClNO5. The summed E-state index contributed by atoms with van der Waals surface area (Å²) in [6, 6.07) is 2.65. The largest absolute Gasteiger partial charge is 0.503 e. The second-order valence-electron chi connectivity index (χ2n) is 4.53. The van der Waals surface area contributed by atoms with Crippen molar-refractivity contribution in [2.24, 2.45) is 0 Å². The van der Waals surface area contributed by atoms with Crippen LogP contribution < -0.4 is 10.2 Å². The summed E-state index contributed by atoms with van der Waals surface area (Å²) in [5.74, 6) is -0.0492. The Morgan fingerprint density at radius 2 is 2.00 bits per heavy atom. The van der Waals surface area contributed by atoms with Gasteiger partial charge < -0.3 is 24.6 Å². The van der Waals surface area contributed by atoms with E-state index in [1.807, 2.05) is 0 Å². The predicted octanol–water partition coefficient (Wildman–Crippen LogP) is -0.564. The average molecular weight is 302 g/mol. The highest BCUT2D eigenvalue weighted by Gasteiger charge is 2.18. The fourth-order valence-corrected chi connectivity index (χ4v) is 2.18. The number of ether oxygens (including phenoxy) is 2. The Labute approximate surface area is 122 Å². The molecule has 0 radical (unpaired) electrons. The normalized spacial score (nSPS) is 16.1. The maximum atomic E-state index is 9.79. The molecule has 1 heterocycles. The summed E-state index contributed by atoms with van der Waals surface area (Å²) < 4.78 is 10.7. The maximum absolute atomic E-state index is 9.79. The van der Waals surface area contributed by atoms with Crippen LogP contribution in [0.25, 0.3) is 0 Å². The summed E-state index contributed by atoms with van der Waals surface area (Å²) in [7, 11) is -1.66. The quantitative estimate of drug-likeness (QED) is 0.632. The molecule has 0 aliphatic carbocycles. The maximum Gasteiger partial charge on any atom is 0.488 e. The number of aromatic hydroxyl groups is 1. The number of morpholine rings is 1. The smallest absolute Gasteiger partial charge is 0.488 e. The Morgan fingerprint density at radius 1 is 1.30 bits per heavy atom. The Morgan fingerprint density at radius 3 is 2.65 bits per heavy atom. The lowest BCUT2D eigenvalue weighted by molar-refractivity contribution is 0.0321. The molecule has 1 fully saturated rings. The molecule has 0 amide bonds. The van der Waals surface area contributed by atoms with Crippen molar-refractivity contribution < 1.29 is 24.6 Å². The Bertz CT molecular complexity index is 454. The van der Waals surface area contributed by atoms with Crippen LogP contribution in [0, 0.1) is 0 Å². The molecular weight excluding hydrogens is 284 g/mol. The molecule has 1 aliphatic rings. The SMILES string of the molecule is OB(O)c1cc(Cl)c(O)c(OCCN2CCOCC2)c1. The number of nitrogens with zero attached hydrogens (tertiary/aromatic N) is 1. The van der Waals surface area contributed by atoms with Crippen molar-refractivity contribution in [2.75, 3.05) is 39.5 Å². The molecule has 2 rings (SSSR count). The zero-order chi connectivity index (χ0) is 14.5. The van der Waals surface area contributed by atoms with Crippen LogP contribution in [0.1, 0.15) is 0 Å². The predicted molar refractivity (Wildman–Crippen MR) is 75.7 cm³/mol. The van der Waals surface area contributed by atoms with Gasteiger partial charge in [-0.15, -0.1) is 0 Å². The van der Waals surface area contributed by atoms with Crippen LogP contribution in [0.15, 0.2) is 12.1 Å². The molecule has 1 aromatic rings. The average Bonchev–Trinajstić information content (AvgIpc) is 2.44. The molecule has 20 heavy (non-hydrogen) atoms. The Kier molecular flexibility index (Phi) is 5.50. The van der Waals surface area contributed by atoms with Crippen molar-refractivity contribution in [1.82, 2.24) is 4.90 Å². The summed E-state index contributed by atoms with van der Waals surface area (Å²) >= 11 is 5.81. The highest BCUT2D eigenvalue weighted by atomic mass is 35.5. The number of hydrogen-bond acceptors (Lipinski definition) is 6. The molecule has 3 N–H and O–H groups in total. The van der Waals surface area contributed by atoms with E-state index in [1.54, 1.807) is 0 Å². The number of rotatable bonds is 5. The molecule has 0 unspecified atom stereocenters. The van der Waals surface area contributed by atoms with Crippen LogP contribution >= 0.6 is 11.6 Å². The lowest BCUT2D eigenvalue weighted by atomic mass is 9.80. The summed E-state index contributed by atoms with van der Waals surface area (Å²) in [6.45, 7) is 4.20. The first-order chi connectivity index (χ1) is 9.58. The minimum absolute atomic E-state index is 0.0250. The molecule has 0 aromatic heterocycles. The van der Waals surface area contributed by atoms with E-state index >= 15 is 0 Å². The van der Waals surface area contributed by atoms with E-state index in [4.69, 9.17) is 31.1 Å². The van der Waals surface area contributed by atoms with Crippen LogP contribution in [0.2, 0.25) is 5.02 Å². The molecule has 0 bridgehead atoms. The van der Waals surface area contributed by atoms with Gasteiger partial charge in [0.1, 0.15) is 6.61 Å². The van der Waals surface area contributed by atoms with Crippen LogP contribution in [0.4, 0.5) is 0 Å². The fourth-order valence-electron chi connectivity index (χ4n) is 1.96. The van der Waals surface area contributed by atoms with Gasteiger partial charge in [0.25, 0.3) is 0 Å². The molecule has 0 spiro atoms. The van der Waals surface area contributed by atoms with E-state index in [0.29, 0.717) is 26.4 Å². The topological polar surface area (TPSA) is 82.4 Å². The minimum Gasteiger partial charge on any atom is -0.503 e. The van der Waals surface area contributed by atoms with Crippen LogP contribution in [-0.2, 0) is 4.74 Å². The number of benzene rings is 1. The summed E-state index contributed by atoms with van der Waals surface area (Å²) in [6.07, 6.45) is 0. The lowest BCUT2D eigenvalue weighted by Gasteiger charge is -2.26. The zero-order valence-corrected chi connectivity index (χ0v) is 11.7. The van der Waals surface area contributed by atoms with Crippen molar-refractivity contribution in [3.63, 3.8) is 0 Å². The minimum atomic E-state index is -1.66. The zero-order valence-electron chi connectivity index (χ0n) is 11.0. The Balaban J connectivity index is 1.94. The van der Waals surface area contributed by atoms with Gasteiger partial charge in [0.05, 0.1) is 18.2 Å². The van der Waals surface area contributed by atoms with Crippen molar-refractivity contribution in [1.29, 1.82) is 0 Å². The van der Waals surface area contributed by atoms with Gasteiger partial charge in [0.15, 0.2) is 11.5 Å². The number of halogens is 1. The highest BCUT2D eigenvalue weighted by molar-refractivity contribution is 6.59. The van der Waals surface area contributed by atoms with Gasteiger partial charge in [-0.1, -0.05) is 11.6 Å². The molecule has 110 valence electrons. The third-order valence-corrected chi connectivity index (χ3v) is 3.41. The first-order valence-corrected chi connectivity index (χ1v) is 6.77. The van der Waals surface area contributed by atoms with Gasteiger partial charge in [-0.2, -0.15) is 0 Å². The summed E-state index contributed by atoms with van der Waals surface area (Å²) in [4.78, 5) is 2.19. The van der Waals surface area contributed by atoms with E-state index in [0.717, 1.165) is 13.1 Å². The van der Waals surface area contributed by atoms with Gasteiger partial charge in [-0.05, 0) is 17.6 Å². The van der Waals surface area contributed by atoms with Crippen LogP contribution in [-0.4, -0.2) is 66.6 Å². The van der Waals surface area contributed by atoms with E-state index in [2.05, 4.69) is 4.90 Å². The highest BCUT2D eigenvalue weighted by Crippen LogP contribution is 2.32. The van der Waals surface area contributed by atoms with E-state index in [-0.39, 0.29) is 22.0 Å². The summed E-state index contributed by atoms with van der Waals surface area (Å²) in [5, 5.41) is 28.1. The van der Waals surface area contributed by atoms with Gasteiger partial charge >= 0.3 is 7.12 Å². The lowest BCUT2D eigenvalue weighted by Crippen LogP contribution is -2.38. The molecule has 1 saturated heterocycles. The van der Waals surface area contributed by atoms with Crippen molar-refractivity contribution in [3.05, 3.63) is 17.2 Å². The monoisotopic (exact) mass is 301 g/mol. The number of hydrogen-bond donors (Lipinski definition) is 3. The number of phenols is 1. The van der Waals surface area contributed by atoms with E-state index in [1.165, 1.54) is 12.1 Å². The molecule has 1 aliphatic heterocycles. The van der Waals surface area contributed by atoms with Crippen molar-refractivity contribution >= 4 is 24.2 Å². The van der Waals surface area contributed by atoms with Gasteiger partial charge in [0, 0.05) is 19.6 Å². The molecule has 6 nitrogen and oxygen atoms in total. The Hall–Kier alpha value is -0.985. The molecule has 0 atom stereocenters. The molecule has 0 saturated carbocycles. The molecule has 1 aromatic carbocycles. The standard InChI is InChI=1S/C12H17BClNO5/c14-10-7-9(13(17)18)8-11(12(10)16)20-6-3-15-1-4-19-5-2-15/h7-8,16-18H,1-6H2. The van der Waals surface area contributed by atoms with Gasteiger partial charge in [-0.3, -0.25) is 4.90 Å². The van der Waals surface area contributed by atoms with Gasteiger partial charge in [0.2, 0.25) is 0 Å². The summed E-state index contributed by atoms with van der Waals surface area (Å²) in [5.41, 5.74) is 0.175. The second kappa shape index (κ2) is 7.15. The second-order valence-corrected chi connectivity index (χ2v) is 4.93. The van der Waals surface area contributed by atoms with Gasteiger partial charge in [-0.25, -0.2) is 0 Å². The van der Waals surface area contributed by atoms with Crippen LogP contribution in [0.5, 0.6) is 11.5 Å². The fraction of sp³-hybridized carbons (Fsp3) is 0.500. The van der Waals surface area contributed by atoms with Crippen molar-refractivity contribution in [3.8, 4) is 11.5 Å². The third kappa shape index (κ3) is 4.00. The third-order valence-electron chi connectivity index (χ3n) is 3.12. The van der Waals surface area contributed by atoms with Crippen LogP contribution in [0.3, 0.4) is 0 Å². The first kappa shape index (κ1) is 15.4. The van der Waals surface area contributed by atoms with Crippen molar-refractivity contribution in [2.45, 2.75) is 0 Å². The first-order valence-electron chi connectivity index (χ1n) is 6.39. The molecule has 8 heteroatoms. The van der Waals surface area contributed by atoms with E-state index in [9.17, 15) is 5.11 Å². The number of phenolic OH excluding ortho intramolecular Hbond substituents is 1. The van der Waals surface area contributed by atoms with E-state index < -0.39 is 7.12 Å².